The smallest absolute Gasteiger partial charge is 0.136 e. The molecule has 0 atom stereocenters. The van der Waals surface area contributed by atoms with E-state index in [1.807, 2.05) is 42.5 Å². The zero-order valence-electron chi connectivity index (χ0n) is 9.55. The number of benzene rings is 2. The van der Waals surface area contributed by atoms with Gasteiger partial charge in [-0.05, 0) is 17.2 Å². The SMILES string of the molecule is COc1ccc(Cc2ccccc2)c(O)c1S. The van der Waals surface area contributed by atoms with Crippen LogP contribution in [-0.4, -0.2) is 12.2 Å². The molecule has 0 heterocycles. The Hall–Kier alpha value is -1.61. The van der Waals surface area contributed by atoms with Gasteiger partial charge in [0.05, 0.1) is 12.0 Å². The van der Waals surface area contributed by atoms with E-state index in [1.165, 1.54) is 0 Å². The van der Waals surface area contributed by atoms with Crippen LogP contribution in [-0.2, 0) is 6.42 Å². The lowest BCUT2D eigenvalue weighted by Gasteiger charge is -2.10. The van der Waals surface area contributed by atoms with E-state index < -0.39 is 0 Å². The number of methoxy groups -OCH3 is 1. The molecule has 2 aromatic carbocycles. The van der Waals surface area contributed by atoms with Gasteiger partial charge in [-0.1, -0.05) is 36.4 Å². The summed E-state index contributed by atoms with van der Waals surface area (Å²) in [7, 11) is 1.56. The average molecular weight is 246 g/mol. The van der Waals surface area contributed by atoms with Crippen molar-refractivity contribution in [2.24, 2.45) is 0 Å². The normalized spacial score (nSPS) is 10.2. The Morgan fingerprint density at radius 2 is 1.82 bits per heavy atom. The maximum absolute atomic E-state index is 10.0. The quantitative estimate of drug-likeness (QED) is 0.814. The molecule has 0 saturated carbocycles. The standard InChI is InChI=1S/C14H14O2S/c1-16-12-8-7-11(13(15)14(12)17)9-10-5-3-2-4-6-10/h2-8,15,17H,9H2,1H3. The molecule has 0 aliphatic rings. The van der Waals surface area contributed by atoms with Gasteiger partial charge in [0.15, 0.2) is 0 Å². The van der Waals surface area contributed by atoms with Gasteiger partial charge in [0.25, 0.3) is 0 Å². The minimum Gasteiger partial charge on any atom is -0.506 e. The highest BCUT2D eigenvalue weighted by Crippen LogP contribution is 2.35. The molecule has 2 aromatic rings. The van der Waals surface area contributed by atoms with Crippen LogP contribution in [0, 0.1) is 0 Å². The number of phenolic OH excluding ortho intramolecular Hbond substituents is 1. The van der Waals surface area contributed by atoms with Crippen molar-refractivity contribution in [2.75, 3.05) is 7.11 Å². The zero-order valence-corrected chi connectivity index (χ0v) is 10.4. The van der Waals surface area contributed by atoms with Gasteiger partial charge >= 0.3 is 0 Å². The summed E-state index contributed by atoms with van der Waals surface area (Å²) in [6.45, 7) is 0. The van der Waals surface area contributed by atoms with E-state index in [9.17, 15) is 5.11 Å². The summed E-state index contributed by atoms with van der Waals surface area (Å²) < 4.78 is 5.09. The summed E-state index contributed by atoms with van der Waals surface area (Å²) in [6, 6.07) is 13.7. The van der Waals surface area contributed by atoms with Crippen molar-refractivity contribution in [2.45, 2.75) is 11.3 Å². The van der Waals surface area contributed by atoms with Gasteiger partial charge in [0.2, 0.25) is 0 Å². The topological polar surface area (TPSA) is 29.5 Å². The van der Waals surface area contributed by atoms with Crippen LogP contribution in [0.2, 0.25) is 0 Å². The van der Waals surface area contributed by atoms with Crippen LogP contribution >= 0.6 is 12.6 Å². The summed E-state index contributed by atoms with van der Waals surface area (Å²) in [5.41, 5.74) is 2.00. The number of hydrogen-bond acceptors (Lipinski definition) is 3. The molecule has 88 valence electrons. The Labute approximate surface area is 106 Å². The fraction of sp³-hybridized carbons (Fsp3) is 0.143. The molecule has 2 nitrogen and oxygen atoms in total. The highest BCUT2D eigenvalue weighted by molar-refractivity contribution is 7.80. The predicted molar refractivity (Wildman–Crippen MR) is 71.2 cm³/mol. The molecule has 0 bridgehead atoms. The number of aromatic hydroxyl groups is 1. The number of hydrogen-bond donors (Lipinski definition) is 2. The molecular formula is C14H14O2S. The molecule has 0 fully saturated rings. The van der Waals surface area contributed by atoms with Crippen LogP contribution in [0.5, 0.6) is 11.5 Å². The van der Waals surface area contributed by atoms with E-state index >= 15 is 0 Å². The van der Waals surface area contributed by atoms with E-state index in [-0.39, 0.29) is 5.75 Å². The molecule has 0 amide bonds. The van der Waals surface area contributed by atoms with Gasteiger partial charge < -0.3 is 9.84 Å². The van der Waals surface area contributed by atoms with Crippen LogP contribution in [0.4, 0.5) is 0 Å². The monoisotopic (exact) mass is 246 g/mol. The minimum absolute atomic E-state index is 0.191. The van der Waals surface area contributed by atoms with Gasteiger partial charge in [0.1, 0.15) is 11.5 Å². The molecule has 0 spiro atoms. The Bertz CT molecular complexity index is 509. The molecule has 2 rings (SSSR count). The highest BCUT2D eigenvalue weighted by atomic mass is 32.1. The third-order valence-corrected chi connectivity index (χ3v) is 3.09. The van der Waals surface area contributed by atoms with Gasteiger partial charge in [-0.15, -0.1) is 12.6 Å². The van der Waals surface area contributed by atoms with E-state index in [0.717, 1.165) is 11.1 Å². The lowest BCUT2D eigenvalue weighted by molar-refractivity contribution is 0.390. The number of phenols is 1. The first-order valence-electron chi connectivity index (χ1n) is 5.34. The van der Waals surface area contributed by atoms with Crippen molar-refractivity contribution < 1.29 is 9.84 Å². The summed E-state index contributed by atoms with van der Waals surface area (Å²) in [6.07, 6.45) is 0.685. The third-order valence-electron chi connectivity index (χ3n) is 2.66. The lowest BCUT2D eigenvalue weighted by Crippen LogP contribution is -1.92. The van der Waals surface area contributed by atoms with E-state index in [4.69, 9.17) is 4.74 Å². The van der Waals surface area contributed by atoms with Gasteiger partial charge in [-0.3, -0.25) is 0 Å². The lowest BCUT2D eigenvalue weighted by atomic mass is 10.0. The second-order valence-electron chi connectivity index (χ2n) is 3.79. The first-order valence-corrected chi connectivity index (χ1v) is 5.79. The van der Waals surface area contributed by atoms with E-state index in [2.05, 4.69) is 12.6 Å². The summed E-state index contributed by atoms with van der Waals surface area (Å²) in [5, 5.41) is 10.0. The Morgan fingerprint density at radius 1 is 1.12 bits per heavy atom. The van der Waals surface area contributed by atoms with Crippen molar-refractivity contribution in [3.8, 4) is 11.5 Å². The second kappa shape index (κ2) is 5.15. The first kappa shape index (κ1) is 11.9. The first-order chi connectivity index (χ1) is 8.22. The largest absolute Gasteiger partial charge is 0.506 e. The molecule has 0 aromatic heterocycles. The molecule has 3 heteroatoms. The Kier molecular flexibility index (Phi) is 3.59. The van der Waals surface area contributed by atoms with Crippen LogP contribution in [0.3, 0.4) is 0 Å². The van der Waals surface area contributed by atoms with E-state index in [0.29, 0.717) is 17.1 Å². The van der Waals surface area contributed by atoms with Gasteiger partial charge in [-0.25, -0.2) is 0 Å². The minimum atomic E-state index is 0.191. The van der Waals surface area contributed by atoms with Crippen molar-refractivity contribution in [3.63, 3.8) is 0 Å². The maximum atomic E-state index is 10.0. The van der Waals surface area contributed by atoms with Crippen LogP contribution in [0.15, 0.2) is 47.4 Å². The fourth-order valence-corrected chi connectivity index (χ4v) is 2.04. The second-order valence-corrected chi connectivity index (χ2v) is 4.23. The molecular weight excluding hydrogens is 232 g/mol. The molecule has 1 N–H and O–H groups in total. The average Bonchev–Trinajstić information content (AvgIpc) is 2.37. The van der Waals surface area contributed by atoms with Crippen molar-refractivity contribution in [1.29, 1.82) is 0 Å². The predicted octanol–water partition coefficient (Wildman–Crippen LogP) is 3.28. The summed E-state index contributed by atoms with van der Waals surface area (Å²) in [4.78, 5) is 0.487. The number of ether oxygens (including phenoxy) is 1. The molecule has 17 heavy (non-hydrogen) atoms. The fourth-order valence-electron chi connectivity index (χ4n) is 1.73. The van der Waals surface area contributed by atoms with Crippen molar-refractivity contribution in [3.05, 3.63) is 53.6 Å². The Morgan fingerprint density at radius 3 is 2.47 bits per heavy atom. The number of rotatable bonds is 3. The molecule has 0 aliphatic carbocycles. The van der Waals surface area contributed by atoms with Crippen LogP contribution < -0.4 is 4.74 Å². The summed E-state index contributed by atoms with van der Waals surface area (Å²) in [5.74, 6) is 0.777. The molecule has 0 aliphatic heterocycles. The van der Waals surface area contributed by atoms with Crippen LogP contribution in [0.25, 0.3) is 0 Å². The van der Waals surface area contributed by atoms with Gasteiger partial charge in [-0.2, -0.15) is 0 Å². The molecule has 0 radical (unpaired) electrons. The number of thiol groups is 1. The Balaban J connectivity index is 2.32. The highest BCUT2D eigenvalue weighted by Gasteiger charge is 2.10. The maximum Gasteiger partial charge on any atom is 0.136 e. The van der Waals surface area contributed by atoms with Gasteiger partial charge in [0, 0.05) is 6.42 Å². The zero-order chi connectivity index (χ0) is 12.3. The third kappa shape index (κ3) is 2.56. The molecule has 0 saturated heterocycles. The van der Waals surface area contributed by atoms with Crippen molar-refractivity contribution in [1.82, 2.24) is 0 Å². The van der Waals surface area contributed by atoms with E-state index in [1.54, 1.807) is 7.11 Å². The van der Waals surface area contributed by atoms with Crippen LogP contribution in [0.1, 0.15) is 11.1 Å². The summed E-state index contributed by atoms with van der Waals surface area (Å²) >= 11 is 4.25. The molecule has 0 unspecified atom stereocenters. The van der Waals surface area contributed by atoms with Crippen molar-refractivity contribution >= 4 is 12.6 Å².